The van der Waals surface area contributed by atoms with Gasteiger partial charge in [-0.3, -0.25) is 9.69 Å². The van der Waals surface area contributed by atoms with Gasteiger partial charge >= 0.3 is 0 Å². The smallest absolute Gasteiger partial charge is 0.239 e. The standard InChI is InChI=1S/C19H27N3O.2ClH/c23-19(22-13-16-10-20-11-17(16)14-22)18-8-4-5-9-21(18)12-15-6-2-1-3-7-15;;/h1-3,6-7,16-18,20H,4-5,8-14H2;2*1H/t16-,17+,18?;;. The minimum absolute atomic E-state index is 0. The van der Waals surface area contributed by atoms with Gasteiger partial charge in [-0.1, -0.05) is 36.8 Å². The first-order valence-electron chi connectivity index (χ1n) is 9.09. The van der Waals surface area contributed by atoms with Gasteiger partial charge in [0.05, 0.1) is 6.04 Å². The van der Waals surface area contributed by atoms with E-state index in [1.807, 2.05) is 0 Å². The minimum Gasteiger partial charge on any atom is -0.341 e. The van der Waals surface area contributed by atoms with Crippen molar-refractivity contribution >= 4 is 30.7 Å². The number of likely N-dealkylation sites (tertiary alicyclic amines) is 2. The molecule has 1 amide bonds. The van der Waals surface area contributed by atoms with Crippen LogP contribution in [0.25, 0.3) is 0 Å². The van der Waals surface area contributed by atoms with E-state index in [2.05, 4.69) is 45.4 Å². The summed E-state index contributed by atoms with van der Waals surface area (Å²) in [5.74, 6) is 1.75. The normalized spacial score (nSPS) is 28.8. The Kier molecular flexibility index (Phi) is 7.56. The quantitative estimate of drug-likeness (QED) is 0.868. The molecule has 3 aliphatic heterocycles. The Morgan fingerprint density at radius 2 is 1.72 bits per heavy atom. The number of rotatable bonds is 3. The van der Waals surface area contributed by atoms with Gasteiger partial charge in [-0.15, -0.1) is 24.8 Å². The lowest BCUT2D eigenvalue weighted by Crippen LogP contribution is -2.50. The molecular weight excluding hydrogens is 357 g/mol. The monoisotopic (exact) mass is 385 g/mol. The summed E-state index contributed by atoms with van der Waals surface area (Å²) in [5, 5.41) is 3.46. The summed E-state index contributed by atoms with van der Waals surface area (Å²) >= 11 is 0. The Morgan fingerprint density at radius 1 is 1.04 bits per heavy atom. The van der Waals surface area contributed by atoms with Crippen LogP contribution in [0.4, 0.5) is 0 Å². The minimum atomic E-state index is 0. The van der Waals surface area contributed by atoms with Crippen LogP contribution in [0.1, 0.15) is 24.8 Å². The number of piperidine rings is 1. The number of hydrogen-bond donors (Lipinski definition) is 1. The average Bonchev–Trinajstić information content (AvgIpc) is 3.17. The molecule has 0 saturated carbocycles. The summed E-state index contributed by atoms with van der Waals surface area (Å²) in [7, 11) is 0. The molecule has 1 aromatic carbocycles. The van der Waals surface area contributed by atoms with E-state index in [1.165, 1.54) is 18.4 Å². The fraction of sp³-hybridized carbons (Fsp3) is 0.632. The zero-order chi connectivity index (χ0) is 15.6. The van der Waals surface area contributed by atoms with Crippen LogP contribution in [0.3, 0.4) is 0 Å². The first-order valence-corrected chi connectivity index (χ1v) is 9.09. The van der Waals surface area contributed by atoms with Gasteiger partial charge in [-0.05, 0) is 36.8 Å². The molecule has 3 fully saturated rings. The summed E-state index contributed by atoms with van der Waals surface area (Å²) < 4.78 is 0. The molecule has 3 saturated heterocycles. The van der Waals surface area contributed by atoms with Crippen LogP contribution in [0, 0.1) is 11.8 Å². The Morgan fingerprint density at radius 3 is 2.40 bits per heavy atom. The second-order valence-corrected chi connectivity index (χ2v) is 7.39. The fourth-order valence-corrected chi connectivity index (χ4v) is 4.52. The molecule has 4 rings (SSSR count). The summed E-state index contributed by atoms with van der Waals surface area (Å²) in [5.41, 5.74) is 1.31. The number of carbonyl (C=O) groups is 1. The van der Waals surface area contributed by atoms with E-state index in [1.54, 1.807) is 0 Å². The Bertz CT molecular complexity index is 545. The Labute approximate surface area is 163 Å². The molecule has 1 aromatic rings. The van der Waals surface area contributed by atoms with Crippen molar-refractivity contribution in [1.29, 1.82) is 0 Å². The van der Waals surface area contributed by atoms with Gasteiger partial charge in [-0.25, -0.2) is 0 Å². The summed E-state index contributed by atoms with van der Waals surface area (Å²) in [6.07, 6.45) is 3.42. The number of nitrogens with one attached hydrogen (secondary N) is 1. The van der Waals surface area contributed by atoms with E-state index >= 15 is 0 Å². The maximum atomic E-state index is 13.1. The molecule has 25 heavy (non-hydrogen) atoms. The lowest BCUT2D eigenvalue weighted by atomic mass is 10.00. The maximum absolute atomic E-state index is 13.1. The highest BCUT2D eigenvalue weighted by molar-refractivity contribution is 5.85. The fourth-order valence-electron chi connectivity index (χ4n) is 4.52. The zero-order valence-electron chi connectivity index (χ0n) is 14.6. The highest BCUT2D eigenvalue weighted by Gasteiger charge is 2.41. The molecule has 1 unspecified atom stereocenters. The lowest BCUT2D eigenvalue weighted by molar-refractivity contribution is -0.137. The largest absolute Gasteiger partial charge is 0.341 e. The van der Waals surface area contributed by atoms with Crippen LogP contribution in [-0.2, 0) is 11.3 Å². The van der Waals surface area contributed by atoms with Gasteiger partial charge in [0, 0.05) is 32.7 Å². The number of carbonyl (C=O) groups excluding carboxylic acids is 1. The van der Waals surface area contributed by atoms with E-state index in [0.29, 0.717) is 17.7 Å². The van der Waals surface area contributed by atoms with Crippen molar-refractivity contribution in [2.75, 3.05) is 32.7 Å². The van der Waals surface area contributed by atoms with E-state index in [0.717, 1.165) is 45.7 Å². The van der Waals surface area contributed by atoms with Crippen molar-refractivity contribution in [3.63, 3.8) is 0 Å². The Balaban J connectivity index is 0.00000113. The third kappa shape index (κ3) is 4.48. The number of benzene rings is 1. The van der Waals surface area contributed by atoms with E-state index < -0.39 is 0 Å². The summed E-state index contributed by atoms with van der Waals surface area (Å²) in [6, 6.07) is 10.7. The molecule has 3 heterocycles. The molecule has 140 valence electrons. The van der Waals surface area contributed by atoms with Crippen LogP contribution >= 0.6 is 24.8 Å². The van der Waals surface area contributed by atoms with Crippen molar-refractivity contribution in [3.8, 4) is 0 Å². The lowest BCUT2D eigenvalue weighted by Gasteiger charge is -2.37. The van der Waals surface area contributed by atoms with Gasteiger partial charge < -0.3 is 10.2 Å². The number of nitrogens with zero attached hydrogens (tertiary/aromatic N) is 2. The second kappa shape index (κ2) is 9.22. The van der Waals surface area contributed by atoms with Gasteiger partial charge in [0.15, 0.2) is 0 Å². The summed E-state index contributed by atoms with van der Waals surface area (Å²) in [6.45, 7) is 6.06. The van der Waals surface area contributed by atoms with E-state index in [4.69, 9.17) is 0 Å². The third-order valence-electron chi connectivity index (χ3n) is 5.83. The van der Waals surface area contributed by atoms with Gasteiger partial charge in [-0.2, -0.15) is 0 Å². The molecule has 3 atom stereocenters. The molecule has 4 nitrogen and oxygen atoms in total. The maximum Gasteiger partial charge on any atom is 0.239 e. The third-order valence-corrected chi connectivity index (χ3v) is 5.83. The first kappa shape index (κ1) is 20.5. The number of amides is 1. The van der Waals surface area contributed by atoms with Crippen molar-refractivity contribution in [3.05, 3.63) is 35.9 Å². The van der Waals surface area contributed by atoms with Gasteiger partial charge in [0.25, 0.3) is 0 Å². The topological polar surface area (TPSA) is 35.6 Å². The van der Waals surface area contributed by atoms with Crippen molar-refractivity contribution in [2.45, 2.75) is 31.8 Å². The van der Waals surface area contributed by atoms with E-state index in [-0.39, 0.29) is 30.9 Å². The van der Waals surface area contributed by atoms with Gasteiger partial charge in [0.1, 0.15) is 0 Å². The zero-order valence-corrected chi connectivity index (χ0v) is 16.2. The molecule has 6 heteroatoms. The highest BCUT2D eigenvalue weighted by Crippen LogP contribution is 2.29. The predicted molar refractivity (Wildman–Crippen MR) is 105 cm³/mol. The number of hydrogen-bond acceptors (Lipinski definition) is 3. The Hall–Kier alpha value is -0.810. The second-order valence-electron chi connectivity index (χ2n) is 7.39. The molecule has 0 aromatic heterocycles. The van der Waals surface area contributed by atoms with Crippen molar-refractivity contribution in [1.82, 2.24) is 15.1 Å². The number of halogens is 2. The first-order chi connectivity index (χ1) is 11.3. The number of fused-ring (bicyclic) bond motifs is 1. The highest BCUT2D eigenvalue weighted by atomic mass is 35.5. The molecule has 1 N–H and O–H groups in total. The average molecular weight is 386 g/mol. The van der Waals surface area contributed by atoms with Gasteiger partial charge in [0.2, 0.25) is 5.91 Å². The molecule has 3 aliphatic rings. The van der Waals surface area contributed by atoms with Crippen LogP contribution < -0.4 is 5.32 Å². The molecule has 0 spiro atoms. The van der Waals surface area contributed by atoms with Crippen molar-refractivity contribution < 1.29 is 4.79 Å². The van der Waals surface area contributed by atoms with Crippen LogP contribution in [0.2, 0.25) is 0 Å². The van der Waals surface area contributed by atoms with Crippen LogP contribution in [0.5, 0.6) is 0 Å². The molecule has 0 bridgehead atoms. The molecule has 0 radical (unpaired) electrons. The van der Waals surface area contributed by atoms with Crippen LogP contribution in [-0.4, -0.2) is 54.5 Å². The van der Waals surface area contributed by atoms with Crippen LogP contribution in [0.15, 0.2) is 30.3 Å². The molecule has 0 aliphatic carbocycles. The van der Waals surface area contributed by atoms with Crippen molar-refractivity contribution in [2.24, 2.45) is 11.8 Å². The predicted octanol–water partition coefficient (Wildman–Crippen LogP) is 2.56. The molecular formula is C19H29Cl2N3O. The summed E-state index contributed by atoms with van der Waals surface area (Å²) in [4.78, 5) is 17.7. The SMILES string of the molecule is Cl.Cl.O=C(C1CCCCN1Cc1ccccc1)N1C[C@H]2CNC[C@H]2C1. The van der Waals surface area contributed by atoms with E-state index in [9.17, 15) is 4.79 Å².